The van der Waals surface area contributed by atoms with Crippen molar-refractivity contribution in [3.05, 3.63) is 64.6 Å². The summed E-state index contributed by atoms with van der Waals surface area (Å²) >= 11 is 1.55. The molecule has 6 heteroatoms. The van der Waals surface area contributed by atoms with Crippen LogP contribution < -0.4 is 5.63 Å². The van der Waals surface area contributed by atoms with E-state index >= 15 is 0 Å². The first kappa shape index (κ1) is 13.4. The van der Waals surface area contributed by atoms with Crippen molar-refractivity contribution < 1.29 is 4.42 Å². The third kappa shape index (κ3) is 1.77. The first-order chi connectivity index (χ1) is 11.7. The molecule has 3 aromatic heterocycles. The number of fused-ring (bicyclic) bond motifs is 4. The Morgan fingerprint density at radius 2 is 1.88 bits per heavy atom. The molecule has 3 heterocycles. The molecule has 0 atom stereocenters. The molecule has 0 saturated heterocycles. The zero-order valence-corrected chi connectivity index (χ0v) is 13.5. The molecule has 116 valence electrons. The van der Waals surface area contributed by atoms with Crippen LogP contribution in [0.15, 0.2) is 57.7 Å². The Morgan fingerprint density at radius 3 is 2.75 bits per heavy atom. The number of benzene rings is 2. The van der Waals surface area contributed by atoms with Crippen LogP contribution in [-0.4, -0.2) is 14.8 Å². The Labute approximate surface area is 139 Å². The standard InChI is InChI=1S/C18H11N3O2S/c1-10-15-16(11-6-2-4-8-13(11)23-17(15)22)21(20-10)18-19-12-7-3-5-9-14(12)24-18/h2-9H,1H3. The van der Waals surface area contributed by atoms with E-state index in [9.17, 15) is 4.79 Å². The van der Waals surface area contributed by atoms with Crippen LogP contribution in [0.2, 0.25) is 0 Å². The highest BCUT2D eigenvalue weighted by atomic mass is 32.1. The molecule has 0 aliphatic heterocycles. The van der Waals surface area contributed by atoms with Crippen LogP contribution in [0.4, 0.5) is 0 Å². The summed E-state index contributed by atoms with van der Waals surface area (Å²) in [6, 6.07) is 15.5. The number of thiazole rings is 1. The molecule has 0 unspecified atom stereocenters. The van der Waals surface area contributed by atoms with Crippen LogP contribution in [0.5, 0.6) is 0 Å². The van der Waals surface area contributed by atoms with Gasteiger partial charge < -0.3 is 4.42 Å². The summed E-state index contributed by atoms with van der Waals surface area (Å²) in [5.74, 6) is 0. The minimum Gasteiger partial charge on any atom is -0.422 e. The van der Waals surface area contributed by atoms with E-state index in [0.717, 1.165) is 26.3 Å². The SMILES string of the molecule is Cc1nn(-c2nc3ccccc3s2)c2c1c(=O)oc1ccccc12. The number of hydrogen-bond acceptors (Lipinski definition) is 5. The lowest BCUT2D eigenvalue weighted by molar-refractivity contribution is 0.569. The molecule has 2 aromatic carbocycles. The summed E-state index contributed by atoms with van der Waals surface area (Å²) < 4.78 is 8.28. The molecule has 0 radical (unpaired) electrons. The molecule has 5 aromatic rings. The molecular formula is C18H11N3O2S. The Kier molecular flexibility index (Phi) is 2.66. The highest BCUT2D eigenvalue weighted by Crippen LogP contribution is 2.30. The molecular weight excluding hydrogens is 322 g/mol. The lowest BCUT2D eigenvalue weighted by atomic mass is 10.1. The first-order valence-electron chi connectivity index (χ1n) is 7.49. The Balaban J connectivity index is 1.97. The normalized spacial score (nSPS) is 11.7. The summed E-state index contributed by atoms with van der Waals surface area (Å²) in [5, 5.41) is 6.67. The number of para-hydroxylation sites is 2. The summed E-state index contributed by atoms with van der Waals surface area (Å²) in [7, 11) is 0. The van der Waals surface area contributed by atoms with Crippen molar-refractivity contribution in [3.8, 4) is 5.13 Å². The van der Waals surface area contributed by atoms with Gasteiger partial charge in [-0.05, 0) is 31.2 Å². The van der Waals surface area contributed by atoms with Crippen molar-refractivity contribution in [1.82, 2.24) is 14.8 Å². The molecule has 0 spiro atoms. The zero-order valence-electron chi connectivity index (χ0n) is 12.7. The summed E-state index contributed by atoms with van der Waals surface area (Å²) in [6.07, 6.45) is 0. The molecule has 0 bridgehead atoms. The Hall–Kier alpha value is -2.99. The second kappa shape index (κ2) is 4.75. The monoisotopic (exact) mass is 333 g/mol. The molecule has 0 aliphatic carbocycles. The zero-order chi connectivity index (χ0) is 16.3. The summed E-state index contributed by atoms with van der Waals surface area (Å²) in [6.45, 7) is 1.82. The van der Waals surface area contributed by atoms with Gasteiger partial charge in [-0.15, -0.1) is 0 Å². The number of aromatic nitrogens is 3. The van der Waals surface area contributed by atoms with Crippen molar-refractivity contribution >= 4 is 43.4 Å². The van der Waals surface area contributed by atoms with Gasteiger partial charge in [0, 0.05) is 5.39 Å². The van der Waals surface area contributed by atoms with Crippen LogP contribution in [-0.2, 0) is 0 Å². The fraction of sp³-hybridized carbons (Fsp3) is 0.0556. The fourth-order valence-corrected chi connectivity index (χ4v) is 3.94. The van der Waals surface area contributed by atoms with Crippen LogP contribution in [0, 0.1) is 6.92 Å². The maximum Gasteiger partial charge on any atom is 0.347 e. The second-order valence-corrected chi connectivity index (χ2v) is 6.58. The van der Waals surface area contributed by atoms with E-state index in [4.69, 9.17) is 4.42 Å². The van der Waals surface area contributed by atoms with Gasteiger partial charge >= 0.3 is 5.63 Å². The van der Waals surface area contributed by atoms with Crippen LogP contribution in [0.1, 0.15) is 5.69 Å². The van der Waals surface area contributed by atoms with Gasteiger partial charge in [0.05, 0.1) is 21.4 Å². The van der Waals surface area contributed by atoms with Crippen LogP contribution >= 0.6 is 11.3 Å². The van der Waals surface area contributed by atoms with Gasteiger partial charge in [-0.2, -0.15) is 5.10 Å². The van der Waals surface area contributed by atoms with Crippen molar-refractivity contribution in [2.45, 2.75) is 6.92 Å². The van der Waals surface area contributed by atoms with Crippen LogP contribution in [0.3, 0.4) is 0 Å². The third-order valence-electron chi connectivity index (χ3n) is 4.07. The van der Waals surface area contributed by atoms with E-state index in [1.807, 2.05) is 49.4 Å². The minimum absolute atomic E-state index is 0.367. The molecule has 0 N–H and O–H groups in total. The summed E-state index contributed by atoms with van der Waals surface area (Å²) in [5.41, 5.74) is 2.50. The average Bonchev–Trinajstić information content (AvgIpc) is 3.16. The van der Waals surface area contributed by atoms with Crippen molar-refractivity contribution in [1.29, 1.82) is 0 Å². The van der Waals surface area contributed by atoms with Gasteiger partial charge in [0.2, 0.25) is 5.13 Å². The van der Waals surface area contributed by atoms with E-state index in [1.54, 1.807) is 22.1 Å². The number of rotatable bonds is 1. The molecule has 0 fully saturated rings. The van der Waals surface area contributed by atoms with Gasteiger partial charge in [0.25, 0.3) is 0 Å². The van der Waals surface area contributed by atoms with Gasteiger partial charge in [0.1, 0.15) is 11.0 Å². The Bertz CT molecular complexity index is 1260. The number of nitrogens with zero attached hydrogens (tertiary/aromatic N) is 3. The molecule has 0 saturated carbocycles. The molecule has 5 rings (SSSR count). The smallest absolute Gasteiger partial charge is 0.347 e. The predicted octanol–water partition coefficient (Wildman–Crippen LogP) is 4.05. The van der Waals surface area contributed by atoms with Crippen LogP contribution in [0.25, 0.3) is 37.2 Å². The lowest BCUT2D eigenvalue weighted by Gasteiger charge is -2.01. The fourth-order valence-electron chi connectivity index (χ4n) is 3.01. The quantitative estimate of drug-likeness (QED) is 0.434. The van der Waals surface area contributed by atoms with E-state index in [0.29, 0.717) is 16.7 Å². The number of aryl methyl sites for hydroxylation is 1. The largest absolute Gasteiger partial charge is 0.422 e. The van der Waals surface area contributed by atoms with E-state index in [-0.39, 0.29) is 5.63 Å². The predicted molar refractivity (Wildman–Crippen MR) is 95.0 cm³/mol. The third-order valence-corrected chi connectivity index (χ3v) is 5.09. The van der Waals surface area contributed by atoms with Crippen molar-refractivity contribution in [3.63, 3.8) is 0 Å². The maximum atomic E-state index is 12.4. The molecule has 5 nitrogen and oxygen atoms in total. The average molecular weight is 333 g/mol. The van der Waals surface area contributed by atoms with E-state index in [2.05, 4.69) is 10.1 Å². The highest BCUT2D eigenvalue weighted by Gasteiger charge is 2.19. The maximum absolute atomic E-state index is 12.4. The topological polar surface area (TPSA) is 60.9 Å². The van der Waals surface area contributed by atoms with Gasteiger partial charge in [-0.3, -0.25) is 0 Å². The molecule has 0 aliphatic rings. The van der Waals surface area contributed by atoms with Gasteiger partial charge in [0.15, 0.2) is 0 Å². The summed E-state index contributed by atoms with van der Waals surface area (Å²) in [4.78, 5) is 17.1. The highest BCUT2D eigenvalue weighted by molar-refractivity contribution is 7.20. The molecule has 0 amide bonds. The van der Waals surface area contributed by atoms with Gasteiger partial charge in [-0.25, -0.2) is 14.5 Å². The van der Waals surface area contributed by atoms with Crippen molar-refractivity contribution in [2.75, 3.05) is 0 Å². The van der Waals surface area contributed by atoms with Gasteiger partial charge in [-0.1, -0.05) is 35.6 Å². The van der Waals surface area contributed by atoms with Crippen molar-refractivity contribution in [2.24, 2.45) is 0 Å². The van der Waals surface area contributed by atoms with E-state index < -0.39 is 0 Å². The Morgan fingerprint density at radius 1 is 1.08 bits per heavy atom. The number of hydrogen-bond donors (Lipinski definition) is 0. The first-order valence-corrected chi connectivity index (χ1v) is 8.31. The minimum atomic E-state index is -0.367. The lowest BCUT2D eigenvalue weighted by Crippen LogP contribution is -2.01. The van der Waals surface area contributed by atoms with E-state index in [1.165, 1.54) is 0 Å². The second-order valence-electron chi connectivity index (χ2n) is 5.57. The molecule has 24 heavy (non-hydrogen) atoms.